The third kappa shape index (κ3) is 2.53. The molecule has 0 aliphatic carbocycles. The summed E-state index contributed by atoms with van der Waals surface area (Å²) < 4.78 is 26.8. The number of hydrogen-bond donors (Lipinski definition) is 1. The van der Waals surface area contributed by atoms with Gasteiger partial charge in [0.05, 0.1) is 5.38 Å². The first kappa shape index (κ1) is 13.7. The predicted octanol–water partition coefficient (Wildman–Crippen LogP) is 1.93. The lowest BCUT2D eigenvalue weighted by Crippen LogP contribution is -2.36. The fourth-order valence-corrected chi connectivity index (χ4v) is 2.38. The fourth-order valence-electron chi connectivity index (χ4n) is 2.10. The van der Waals surface area contributed by atoms with Gasteiger partial charge < -0.3 is 10.0 Å². The Morgan fingerprint density at radius 1 is 1.47 bits per heavy atom. The van der Waals surface area contributed by atoms with Crippen LogP contribution in [0.5, 0.6) is 0 Å². The number of benzene rings is 1. The fraction of sp³-hybridized carbons (Fsp3) is 0.333. The molecular formula is C12H10ClF2NO3. The lowest BCUT2D eigenvalue weighted by molar-refractivity contribution is -0.148. The van der Waals surface area contributed by atoms with Crippen LogP contribution in [-0.4, -0.2) is 33.8 Å². The van der Waals surface area contributed by atoms with Crippen molar-refractivity contribution in [1.82, 2.24) is 4.90 Å². The predicted molar refractivity (Wildman–Crippen MR) is 62.7 cm³/mol. The Bertz CT molecular complexity index is 538. The van der Waals surface area contributed by atoms with Crippen LogP contribution in [0.25, 0.3) is 0 Å². The first-order valence-corrected chi connectivity index (χ1v) is 5.95. The van der Waals surface area contributed by atoms with Crippen LogP contribution in [0, 0.1) is 11.6 Å². The van der Waals surface area contributed by atoms with Gasteiger partial charge in [-0.1, -0.05) is 12.1 Å². The second kappa shape index (κ2) is 5.13. The van der Waals surface area contributed by atoms with Gasteiger partial charge in [-0.15, -0.1) is 11.6 Å². The molecule has 7 heteroatoms. The smallest absolute Gasteiger partial charge is 0.331 e. The number of hydrogen-bond acceptors (Lipinski definition) is 2. The number of alkyl halides is 1. The molecule has 1 aromatic carbocycles. The lowest BCUT2D eigenvalue weighted by atomic mass is 10.0. The molecule has 1 saturated heterocycles. The molecule has 19 heavy (non-hydrogen) atoms. The number of likely N-dealkylation sites (tertiary alicyclic amines) is 1. The monoisotopic (exact) mass is 289 g/mol. The maximum Gasteiger partial charge on any atom is 0.331 e. The van der Waals surface area contributed by atoms with E-state index in [1.807, 2.05) is 0 Å². The third-order valence-corrected chi connectivity index (χ3v) is 3.23. The highest BCUT2D eigenvalue weighted by atomic mass is 35.5. The number of nitrogens with zero attached hydrogens (tertiary/aromatic N) is 1. The van der Waals surface area contributed by atoms with Gasteiger partial charge in [-0.25, -0.2) is 13.6 Å². The minimum Gasteiger partial charge on any atom is -0.479 e. The molecule has 1 aliphatic rings. The van der Waals surface area contributed by atoms with Crippen molar-refractivity contribution < 1.29 is 23.5 Å². The number of halogens is 3. The van der Waals surface area contributed by atoms with Crippen LogP contribution in [0.3, 0.4) is 0 Å². The molecule has 2 rings (SSSR count). The van der Waals surface area contributed by atoms with Gasteiger partial charge in [0.1, 0.15) is 0 Å². The number of amides is 1. The summed E-state index contributed by atoms with van der Waals surface area (Å²) in [6, 6.07) is 1.66. The van der Waals surface area contributed by atoms with E-state index in [2.05, 4.69) is 0 Å². The minimum absolute atomic E-state index is 0.00664. The standard InChI is InChI=1S/C12H10ClF2NO3/c13-6-4-9(17)16(5-6)11(12(18)19)7-2-1-3-8(14)10(7)15/h1-3,6,11H,4-5H2,(H,18,19). The maximum atomic E-state index is 13.7. The zero-order chi connectivity index (χ0) is 14.2. The second-order valence-corrected chi connectivity index (χ2v) is 4.85. The van der Waals surface area contributed by atoms with Crippen LogP contribution < -0.4 is 0 Å². The zero-order valence-electron chi connectivity index (χ0n) is 9.65. The van der Waals surface area contributed by atoms with Crippen molar-refractivity contribution in [3.63, 3.8) is 0 Å². The van der Waals surface area contributed by atoms with E-state index in [0.29, 0.717) is 0 Å². The average Bonchev–Trinajstić information content (AvgIpc) is 2.64. The Balaban J connectivity index is 2.44. The Morgan fingerprint density at radius 2 is 2.16 bits per heavy atom. The average molecular weight is 290 g/mol. The van der Waals surface area contributed by atoms with E-state index >= 15 is 0 Å². The lowest BCUT2D eigenvalue weighted by Gasteiger charge is -2.25. The molecule has 1 heterocycles. The van der Waals surface area contributed by atoms with Crippen LogP contribution in [0.2, 0.25) is 0 Å². The van der Waals surface area contributed by atoms with Crippen LogP contribution in [-0.2, 0) is 9.59 Å². The van der Waals surface area contributed by atoms with Gasteiger partial charge in [0.15, 0.2) is 17.7 Å². The molecule has 0 saturated carbocycles. The molecule has 2 atom stereocenters. The van der Waals surface area contributed by atoms with Crippen molar-refractivity contribution >= 4 is 23.5 Å². The highest BCUT2D eigenvalue weighted by molar-refractivity contribution is 6.22. The van der Waals surface area contributed by atoms with Gasteiger partial charge in [0, 0.05) is 18.5 Å². The van der Waals surface area contributed by atoms with E-state index in [-0.39, 0.29) is 18.5 Å². The van der Waals surface area contributed by atoms with Gasteiger partial charge in [-0.05, 0) is 6.07 Å². The molecule has 1 N–H and O–H groups in total. The molecule has 0 bridgehead atoms. The summed E-state index contributed by atoms with van der Waals surface area (Å²) in [5.74, 6) is -4.33. The third-order valence-electron chi connectivity index (χ3n) is 2.93. The molecular weight excluding hydrogens is 280 g/mol. The molecule has 2 unspecified atom stereocenters. The normalized spacial score (nSPS) is 20.7. The van der Waals surface area contributed by atoms with Crippen LogP contribution in [0.1, 0.15) is 18.0 Å². The summed E-state index contributed by atoms with van der Waals surface area (Å²) in [7, 11) is 0. The van der Waals surface area contributed by atoms with E-state index in [0.717, 1.165) is 17.0 Å². The molecule has 0 radical (unpaired) electrons. The summed E-state index contributed by atoms with van der Waals surface area (Å²) in [5, 5.41) is 8.66. The number of carboxylic acid groups (broad SMARTS) is 1. The minimum atomic E-state index is -1.56. The molecule has 1 aromatic rings. The van der Waals surface area contributed by atoms with E-state index in [1.54, 1.807) is 0 Å². The summed E-state index contributed by atoms with van der Waals surface area (Å²) in [6.07, 6.45) is -0.0116. The quantitative estimate of drug-likeness (QED) is 0.865. The zero-order valence-corrected chi connectivity index (χ0v) is 10.4. The Kier molecular flexibility index (Phi) is 3.71. The molecule has 1 aliphatic heterocycles. The van der Waals surface area contributed by atoms with E-state index in [4.69, 9.17) is 11.6 Å². The van der Waals surface area contributed by atoms with Gasteiger partial charge in [-0.2, -0.15) is 0 Å². The Hall–Kier alpha value is -1.69. The van der Waals surface area contributed by atoms with Crippen molar-refractivity contribution in [3.05, 3.63) is 35.4 Å². The van der Waals surface area contributed by atoms with Crippen LogP contribution in [0.4, 0.5) is 8.78 Å². The maximum absolute atomic E-state index is 13.7. The summed E-state index contributed by atoms with van der Waals surface area (Å²) in [4.78, 5) is 23.9. The molecule has 4 nitrogen and oxygen atoms in total. The molecule has 1 fully saturated rings. The Morgan fingerprint density at radius 3 is 2.68 bits per heavy atom. The van der Waals surface area contributed by atoms with E-state index in [9.17, 15) is 23.5 Å². The van der Waals surface area contributed by atoms with Gasteiger partial charge >= 0.3 is 5.97 Å². The first-order valence-electron chi connectivity index (χ1n) is 5.52. The van der Waals surface area contributed by atoms with Crippen molar-refractivity contribution in [3.8, 4) is 0 Å². The summed E-state index contributed by atoms with van der Waals surface area (Å²) in [6.45, 7) is -0.00664. The van der Waals surface area contributed by atoms with Crippen LogP contribution in [0.15, 0.2) is 18.2 Å². The number of carbonyl (C=O) groups excluding carboxylic acids is 1. The van der Waals surface area contributed by atoms with Gasteiger partial charge in [-0.3, -0.25) is 4.79 Å². The van der Waals surface area contributed by atoms with E-state index in [1.165, 1.54) is 6.07 Å². The second-order valence-electron chi connectivity index (χ2n) is 4.23. The number of rotatable bonds is 3. The SMILES string of the molecule is O=C(O)C(c1cccc(F)c1F)N1CC(Cl)CC1=O. The molecule has 102 valence electrons. The van der Waals surface area contributed by atoms with Crippen molar-refractivity contribution in [2.75, 3.05) is 6.54 Å². The van der Waals surface area contributed by atoms with Crippen molar-refractivity contribution in [2.24, 2.45) is 0 Å². The highest BCUT2D eigenvalue weighted by Gasteiger charge is 2.39. The van der Waals surface area contributed by atoms with Crippen molar-refractivity contribution in [1.29, 1.82) is 0 Å². The summed E-state index contributed by atoms with van der Waals surface area (Å²) in [5.41, 5.74) is -0.383. The number of carbonyl (C=O) groups is 2. The topological polar surface area (TPSA) is 57.6 Å². The molecule has 0 spiro atoms. The van der Waals surface area contributed by atoms with Gasteiger partial charge in [0.25, 0.3) is 0 Å². The van der Waals surface area contributed by atoms with Gasteiger partial charge in [0.2, 0.25) is 5.91 Å². The van der Waals surface area contributed by atoms with Crippen LogP contribution >= 0.6 is 11.6 Å². The highest BCUT2D eigenvalue weighted by Crippen LogP contribution is 2.30. The molecule has 0 aromatic heterocycles. The largest absolute Gasteiger partial charge is 0.479 e. The van der Waals surface area contributed by atoms with E-state index < -0.39 is 34.9 Å². The molecule has 1 amide bonds. The van der Waals surface area contributed by atoms with Crippen molar-refractivity contribution in [2.45, 2.75) is 17.8 Å². The summed E-state index contributed by atoms with van der Waals surface area (Å²) >= 11 is 5.79. The first-order chi connectivity index (χ1) is 8.91. The number of aliphatic carboxylic acids is 1. The number of carboxylic acids is 1. The Labute approximate surface area is 112 Å².